The summed E-state index contributed by atoms with van der Waals surface area (Å²) in [6.07, 6.45) is 0.240. The number of carbonyl (C=O) groups excluding carboxylic acids is 2. The molecule has 0 aliphatic carbocycles. The minimum absolute atomic E-state index is 0.166. The van der Waals surface area contributed by atoms with Gasteiger partial charge < -0.3 is 5.73 Å². The van der Waals surface area contributed by atoms with E-state index in [1.54, 1.807) is 6.07 Å². The average Bonchev–Trinajstić information content (AvgIpc) is 2.26. The van der Waals surface area contributed by atoms with Crippen molar-refractivity contribution in [2.24, 2.45) is 5.73 Å². The highest BCUT2D eigenvalue weighted by molar-refractivity contribution is 5.98. The van der Waals surface area contributed by atoms with E-state index in [4.69, 9.17) is 11.0 Å². The Hall–Kier alpha value is -2.75. The Morgan fingerprint density at radius 3 is 2.56 bits per heavy atom. The van der Waals surface area contributed by atoms with Gasteiger partial charge in [0.05, 0.1) is 27.7 Å². The van der Waals surface area contributed by atoms with Gasteiger partial charge in [0.25, 0.3) is 5.69 Å². The number of nitro benzene ring substituents is 1. The number of nitrogens with zero attached hydrogens (tertiary/aromatic N) is 2. The van der Waals surface area contributed by atoms with Crippen LogP contribution in [0.3, 0.4) is 0 Å². The van der Waals surface area contributed by atoms with Crippen molar-refractivity contribution >= 4 is 17.9 Å². The summed E-state index contributed by atoms with van der Waals surface area (Å²) in [7, 11) is 0. The molecule has 0 aliphatic heterocycles. The van der Waals surface area contributed by atoms with Crippen molar-refractivity contribution in [2.75, 3.05) is 0 Å². The van der Waals surface area contributed by atoms with Gasteiger partial charge in [-0.25, -0.2) is 0 Å². The van der Waals surface area contributed by atoms with Gasteiger partial charge in [0, 0.05) is 6.07 Å². The predicted molar refractivity (Wildman–Crippen MR) is 51.7 cm³/mol. The summed E-state index contributed by atoms with van der Waals surface area (Å²) in [5.41, 5.74) is 3.68. The Bertz CT molecular complexity index is 530. The lowest BCUT2D eigenvalue weighted by Crippen LogP contribution is -2.14. The minimum Gasteiger partial charge on any atom is -0.366 e. The number of aldehydes is 1. The first-order chi connectivity index (χ1) is 7.51. The zero-order valence-electron chi connectivity index (χ0n) is 7.84. The number of primary amides is 1. The standard InChI is InChI=1S/C9H5N3O4/c10-3-5-1-6(4-13)8(12(15)16)2-7(5)9(11)14/h1-2,4H,(H2,11,14). The largest absolute Gasteiger partial charge is 0.366 e. The molecule has 0 spiro atoms. The maximum atomic E-state index is 10.9. The van der Waals surface area contributed by atoms with E-state index in [1.165, 1.54) is 0 Å². The van der Waals surface area contributed by atoms with Gasteiger partial charge in [0.15, 0.2) is 6.29 Å². The number of hydrogen-bond acceptors (Lipinski definition) is 5. The summed E-state index contributed by atoms with van der Waals surface area (Å²) in [6, 6.07) is 3.42. The van der Waals surface area contributed by atoms with E-state index in [1.807, 2.05) is 0 Å². The number of nitrogens with two attached hydrogens (primary N) is 1. The van der Waals surface area contributed by atoms with Crippen LogP contribution >= 0.6 is 0 Å². The third-order valence-electron chi connectivity index (χ3n) is 1.88. The summed E-state index contributed by atoms with van der Waals surface area (Å²) in [6.45, 7) is 0. The van der Waals surface area contributed by atoms with Crippen molar-refractivity contribution in [3.63, 3.8) is 0 Å². The third-order valence-corrected chi connectivity index (χ3v) is 1.88. The molecular formula is C9H5N3O4. The van der Waals surface area contributed by atoms with Crippen molar-refractivity contribution in [1.29, 1.82) is 5.26 Å². The molecular weight excluding hydrogens is 214 g/mol. The van der Waals surface area contributed by atoms with E-state index in [-0.39, 0.29) is 23.0 Å². The van der Waals surface area contributed by atoms with Gasteiger partial charge in [0.1, 0.15) is 0 Å². The lowest BCUT2D eigenvalue weighted by atomic mass is 10.0. The van der Waals surface area contributed by atoms with Gasteiger partial charge in [-0.3, -0.25) is 19.7 Å². The molecule has 80 valence electrons. The number of benzene rings is 1. The molecule has 0 atom stereocenters. The molecule has 1 rings (SSSR count). The topological polar surface area (TPSA) is 127 Å². The number of nitriles is 1. The second-order valence-corrected chi connectivity index (χ2v) is 2.81. The van der Waals surface area contributed by atoms with Gasteiger partial charge in [0.2, 0.25) is 5.91 Å². The second kappa shape index (κ2) is 4.18. The molecule has 1 aromatic carbocycles. The molecule has 2 N–H and O–H groups in total. The smallest absolute Gasteiger partial charge is 0.280 e. The number of rotatable bonds is 3. The molecule has 7 nitrogen and oxygen atoms in total. The van der Waals surface area contributed by atoms with E-state index in [0.717, 1.165) is 12.1 Å². The third kappa shape index (κ3) is 1.85. The lowest BCUT2D eigenvalue weighted by Gasteiger charge is -2.01. The molecule has 0 radical (unpaired) electrons. The Labute approximate surface area is 89.2 Å². The van der Waals surface area contributed by atoms with E-state index < -0.39 is 16.5 Å². The molecule has 0 fully saturated rings. The van der Waals surface area contributed by atoms with Gasteiger partial charge in [-0.2, -0.15) is 5.26 Å². The Morgan fingerprint density at radius 1 is 1.56 bits per heavy atom. The maximum absolute atomic E-state index is 10.9. The average molecular weight is 219 g/mol. The summed E-state index contributed by atoms with van der Waals surface area (Å²) >= 11 is 0. The molecule has 0 unspecified atom stereocenters. The van der Waals surface area contributed by atoms with Crippen LogP contribution in [0.4, 0.5) is 5.69 Å². The van der Waals surface area contributed by atoms with Crippen LogP contribution in [0.25, 0.3) is 0 Å². The van der Waals surface area contributed by atoms with Crippen LogP contribution in [0.15, 0.2) is 12.1 Å². The van der Waals surface area contributed by atoms with Crippen molar-refractivity contribution in [3.05, 3.63) is 38.9 Å². The Balaban J connectivity index is 3.61. The van der Waals surface area contributed by atoms with Crippen LogP contribution in [0.2, 0.25) is 0 Å². The molecule has 0 aromatic heterocycles. The Kier molecular flexibility index (Phi) is 2.96. The normalized spacial score (nSPS) is 9.19. The van der Waals surface area contributed by atoms with Crippen LogP contribution in [0, 0.1) is 21.4 Å². The highest BCUT2D eigenvalue weighted by Crippen LogP contribution is 2.21. The lowest BCUT2D eigenvalue weighted by molar-refractivity contribution is -0.385. The molecule has 0 bridgehead atoms. The molecule has 0 saturated carbocycles. The van der Waals surface area contributed by atoms with Gasteiger partial charge >= 0.3 is 0 Å². The summed E-state index contributed by atoms with van der Waals surface area (Å²) in [4.78, 5) is 31.2. The minimum atomic E-state index is -0.961. The monoisotopic (exact) mass is 219 g/mol. The Morgan fingerprint density at radius 2 is 2.19 bits per heavy atom. The fourth-order valence-corrected chi connectivity index (χ4v) is 1.15. The molecule has 1 aromatic rings. The molecule has 16 heavy (non-hydrogen) atoms. The van der Waals surface area contributed by atoms with Crippen LogP contribution in [-0.4, -0.2) is 17.1 Å². The van der Waals surface area contributed by atoms with Crippen molar-refractivity contribution in [3.8, 4) is 6.07 Å². The number of nitro groups is 1. The number of amides is 1. The first-order valence-corrected chi connectivity index (χ1v) is 3.98. The fourth-order valence-electron chi connectivity index (χ4n) is 1.15. The van der Waals surface area contributed by atoms with Crippen LogP contribution in [0.5, 0.6) is 0 Å². The molecule has 1 amide bonds. The highest BCUT2D eigenvalue weighted by atomic mass is 16.6. The fraction of sp³-hybridized carbons (Fsp3) is 0. The zero-order valence-corrected chi connectivity index (χ0v) is 7.84. The van der Waals surface area contributed by atoms with Gasteiger partial charge in [-0.1, -0.05) is 0 Å². The summed E-state index contributed by atoms with van der Waals surface area (Å²) < 4.78 is 0. The summed E-state index contributed by atoms with van der Waals surface area (Å²) in [5, 5.41) is 19.2. The number of hydrogen-bond donors (Lipinski definition) is 1. The molecule has 7 heteroatoms. The van der Waals surface area contributed by atoms with Crippen LogP contribution in [0.1, 0.15) is 26.3 Å². The van der Waals surface area contributed by atoms with Crippen LogP contribution < -0.4 is 5.73 Å². The summed E-state index contributed by atoms with van der Waals surface area (Å²) in [5.74, 6) is -0.961. The second-order valence-electron chi connectivity index (χ2n) is 2.81. The van der Waals surface area contributed by atoms with E-state index in [9.17, 15) is 19.7 Å². The molecule has 0 saturated heterocycles. The van der Waals surface area contributed by atoms with E-state index in [0.29, 0.717) is 0 Å². The first kappa shape index (κ1) is 11.3. The van der Waals surface area contributed by atoms with Gasteiger partial charge in [-0.05, 0) is 6.07 Å². The van der Waals surface area contributed by atoms with E-state index >= 15 is 0 Å². The van der Waals surface area contributed by atoms with Gasteiger partial charge in [-0.15, -0.1) is 0 Å². The van der Waals surface area contributed by atoms with Crippen LogP contribution in [-0.2, 0) is 0 Å². The van der Waals surface area contributed by atoms with E-state index in [2.05, 4.69) is 0 Å². The highest BCUT2D eigenvalue weighted by Gasteiger charge is 2.20. The predicted octanol–water partition coefficient (Wildman–Crippen LogP) is 0.378. The van der Waals surface area contributed by atoms with Crippen molar-refractivity contribution in [1.82, 2.24) is 0 Å². The number of carbonyl (C=O) groups is 2. The molecule has 0 aliphatic rings. The SMILES string of the molecule is N#Cc1cc(C=O)c([N+](=O)[O-])cc1C(N)=O. The first-order valence-electron chi connectivity index (χ1n) is 3.98. The molecule has 0 heterocycles. The van der Waals surface area contributed by atoms with Crippen molar-refractivity contribution < 1.29 is 14.5 Å². The maximum Gasteiger partial charge on any atom is 0.280 e. The quantitative estimate of drug-likeness (QED) is 0.446. The zero-order chi connectivity index (χ0) is 12.3. The van der Waals surface area contributed by atoms with Crippen molar-refractivity contribution in [2.45, 2.75) is 0 Å².